The molecule has 2 rings (SSSR count). The minimum Gasteiger partial charge on any atom is -0.314 e. The lowest BCUT2D eigenvalue weighted by Crippen LogP contribution is -2.44. The van der Waals surface area contributed by atoms with Crippen LogP contribution in [0.5, 0.6) is 0 Å². The van der Waals surface area contributed by atoms with E-state index in [0.717, 1.165) is 49.7 Å². The van der Waals surface area contributed by atoms with Crippen molar-refractivity contribution >= 4 is 18.8 Å². The van der Waals surface area contributed by atoms with Crippen LogP contribution in [-0.4, -0.2) is 50.4 Å². The van der Waals surface area contributed by atoms with Crippen LogP contribution in [0.15, 0.2) is 34.2 Å². The number of benzene rings is 1. The number of thiol groups is 1. The van der Waals surface area contributed by atoms with Crippen molar-refractivity contribution in [1.29, 1.82) is 0 Å². The molecule has 0 aromatic heterocycles. The molecule has 0 spiro atoms. The van der Waals surface area contributed by atoms with Gasteiger partial charge in [-0.15, -0.1) is 12.6 Å². The molecule has 1 heterocycles. The number of hydrogen-bond acceptors (Lipinski definition) is 4. The molecule has 1 fully saturated rings. The van der Waals surface area contributed by atoms with Gasteiger partial charge in [0.15, 0.2) is 0 Å². The highest BCUT2D eigenvalue weighted by molar-refractivity contribution is 7.80. The second-order valence-electron chi connectivity index (χ2n) is 4.19. The van der Waals surface area contributed by atoms with Crippen LogP contribution in [-0.2, 0) is 0 Å². The van der Waals surface area contributed by atoms with Crippen LogP contribution < -0.4 is 5.32 Å². The largest absolute Gasteiger partial charge is 0.314 e. The minimum absolute atomic E-state index is 0.863. The van der Waals surface area contributed by atoms with E-state index in [1.807, 2.05) is 30.5 Å². The second kappa shape index (κ2) is 6.79. The maximum atomic E-state index is 4.46. The first kappa shape index (κ1) is 12.6. The molecule has 1 aromatic carbocycles. The van der Waals surface area contributed by atoms with Crippen molar-refractivity contribution in [2.45, 2.75) is 4.90 Å². The van der Waals surface area contributed by atoms with Gasteiger partial charge in [-0.1, -0.05) is 18.2 Å². The summed E-state index contributed by atoms with van der Waals surface area (Å²) < 4.78 is 0. The summed E-state index contributed by atoms with van der Waals surface area (Å²) in [5, 5.41) is 3.35. The summed E-state index contributed by atoms with van der Waals surface area (Å²) in [6.07, 6.45) is 1.92. The van der Waals surface area contributed by atoms with Crippen molar-refractivity contribution in [3.63, 3.8) is 0 Å². The van der Waals surface area contributed by atoms with E-state index in [-0.39, 0.29) is 0 Å². The van der Waals surface area contributed by atoms with Gasteiger partial charge in [0.2, 0.25) is 0 Å². The van der Waals surface area contributed by atoms with Gasteiger partial charge < -0.3 is 5.32 Å². The average Bonchev–Trinajstić information content (AvgIpc) is 2.38. The summed E-state index contributed by atoms with van der Waals surface area (Å²) in [6.45, 7) is 6.39. The predicted octanol–water partition coefficient (Wildman–Crippen LogP) is 1.30. The molecular weight excluding hydrogens is 230 g/mol. The fourth-order valence-electron chi connectivity index (χ4n) is 1.89. The van der Waals surface area contributed by atoms with Gasteiger partial charge in [-0.05, 0) is 6.07 Å². The van der Waals surface area contributed by atoms with Crippen molar-refractivity contribution in [2.24, 2.45) is 4.99 Å². The van der Waals surface area contributed by atoms with Crippen molar-refractivity contribution in [3.8, 4) is 0 Å². The number of hydrogen-bond donors (Lipinski definition) is 2. The number of rotatable bonds is 4. The van der Waals surface area contributed by atoms with Crippen LogP contribution in [0.2, 0.25) is 0 Å². The maximum absolute atomic E-state index is 4.46. The Morgan fingerprint density at radius 2 is 2.06 bits per heavy atom. The van der Waals surface area contributed by atoms with Gasteiger partial charge in [0, 0.05) is 49.4 Å². The van der Waals surface area contributed by atoms with Gasteiger partial charge in [0.05, 0.1) is 6.54 Å². The quantitative estimate of drug-likeness (QED) is 0.622. The Morgan fingerprint density at radius 3 is 2.82 bits per heavy atom. The van der Waals surface area contributed by atoms with E-state index in [0.29, 0.717) is 0 Å². The van der Waals surface area contributed by atoms with E-state index in [4.69, 9.17) is 0 Å². The summed E-state index contributed by atoms with van der Waals surface area (Å²) in [6, 6.07) is 8.02. The number of nitrogens with zero attached hydrogens (tertiary/aromatic N) is 2. The lowest BCUT2D eigenvalue weighted by molar-refractivity contribution is 0.248. The average molecular weight is 249 g/mol. The van der Waals surface area contributed by atoms with E-state index in [1.165, 1.54) is 0 Å². The van der Waals surface area contributed by atoms with Crippen LogP contribution in [0.3, 0.4) is 0 Å². The Kier molecular flexibility index (Phi) is 5.04. The van der Waals surface area contributed by atoms with Gasteiger partial charge in [0.1, 0.15) is 0 Å². The molecule has 1 aliphatic heterocycles. The third-order valence-electron chi connectivity index (χ3n) is 2.92. The molecule has 1 aliphatic rings. The minimum atomic E-state index is 0.863. The highest BCUT2D eigenvalue weighted by Crippen LogP contribution is 2.09. The smallest absolute Gasteiger partial charge is 0.0517 e. The Balaban J connectivity index is 1.76. The molecule has 0 atom stereocenters. The first-order chi connectivity index (χ1) is 8.36. The van der Waals surface area contributed by atoms with Crippen molar-refractivity contribution in [2.75, 3.05) is 39.3 Å². The van der Waals surface area contributed by atoms with Crippen LogP contribution in [0, 0.1) is 0 Å². The van der Waals surface area contributed by atoms with E-state index < -0.39 is 0 Å². The Hall–Kier alpha value is -0.840. The SMILES string of the molecule is Sc1ccccc1C=NCCN1CCNCC1. The summed E-state index contributed by atoms with van der Waals surface area (Å²) in [5.74, 6) is 0. The third-order valence-corrected chi connectivity index (χ3v) is 3.33. The third kappa shape index (κ3) is 4.15. The van der Waals surface area contributed by atoms with Crippen molar-refractivity contribution in [1.82, 2.24) is 10.2 Å². The number of nitrogens with one attached hydrogen (secondary N) is 1. The zero-order valence-corrected chi connectivity index (χ0v) is 10.9. The topological polar surface area (TPSA) is 27.6 Å². The molecule has 0 radical (unpaired) electrons. The fourth-order valence-corrected chi connectivity index (χ4v) is 2.11. The molecule has 0 amide bonds. The van der Waals surface area contributed by atoms with Gasteiger partial charge in [-0.25, -0.2) is 0 Å². The predicted molar refractivity (Wildman–Crippen MR) is 75.5 cm³/mol. The van der Waals surface area contributed by atoms with Gasteiger partial charge in [-0.3, -0.25) is 9.89 Å². The molecule has 0 unspecified atom stereocenters. The monoisotopic (exact) mass is 249 g/mol. The molecule has 0 bridgehead atoms. The highest BCUT2D eigenvalue weighted by atomic mass is 32.1. The molecule has 0 aliphatic carbocycles. The Labute approximate surface area is 108 Å². The zero-order valence-electron chi connectivity index (χ0n) is 9.97. The summed E-state index contributed by atoms with van der Waals surface area (Å²) in [4.78, 5) is 7.89. The molecule has 1 aromatic rings. The lowest BCUT2D eigenvalue weighted by atomic mass is 10.2. The van der Waals surface area contributed by atoms with Crippen LogP contribution in [0.25, 0.3) is 0 Å². The summed E-state index contributed by atoms with van der Waals surface area (Å²) in [5.41, 5.74) is 1.09. The fraction of sp³-hybridized carbons (Fsp3) is 0.462. The lowest BCUT2D eigenvalue weighted by Gasteiger charge is -2.26. The second-order valence-corrected chi connectivity index (χ2v) is 4.67. The van der Waals surface area contributed by atoms with E-state index >= 15 is 0 Å². The standard InChI is InChI=1S/C13H19N3S/c17-13-4-2-1-3-12(13)11-15-7-10-16-8-5-14-6-9-16/h1-4,11,14,17H,5-10H2. The van der Waals surface area contributed by atoms with Crippen LogP contribution >= 0.6 is 12.6 Å². The van der Waals surface area contributed by atoms with E-state index in [1.54, 1.807) is 0 Å². The van der Waals surface area contributed by atoms with Crippen LogP contribution in [0.4, 0.5) is 0 Å². The zero-order chi connectivity index (χ0) is 11.9. The van der Waals surface area contributed by atoms with Crippen molar-refractivity contribution in [3.05, 3.63) is 29.8 Å². The number of aliphatic imine (C=N–C) groups is 1. The first-order valence-electron chi connectivity index (χ1n) is 6.07. The molecular formula is C13H19N3S. The molecule has 17 heavy (non-hydrogen) atoms. The number of piperazine rings is 1. The summed E-state index contributed by atoms with van der Waals surface area (Å²) >= 11 is 4.39. The molecule has 1 N–H and O–H groups in total. The van der Waals surface area contributed by atoms with Gasteiger partial charge >= 0.3 is 0 Å². The van der Waals surface area contributed by atoms with Gasteiger partial charge in [0.25, 0.3) is 0 Å². The van der Waals surface area contributed by atoms with Crippen molar-refractivity contribution < 1.29 is 0 Å². The van der Waals surface area contributed by atoms with E-state index in [2.05, 4.69) is 27.8 Å². The van der Waals surface area contributed by atoms with Crippen LogP contribution in [0.1, 0.15) is 5.56 Å². The molecule has 0 saturated carbocycles. The van der Waals surface area contributed by atoms with Gasteiger partial charge in [-0.2, -0.15) is 0 Å². The molecule has 1 saturated heterocycles. The molecule has 4 heteroatoms. The Morgan fingerprint density at radius 1 is 1.29 bits per heavy atom. The summed E-state index contributed by atoms with van der Waals surface area (Å²) in [7, 11) is 0. The maximum Gasteiger partial charge on any atom is 0.0517 e. The highest BCUT2D eigenvalue weighted by Gasteiger charge is 2.07. The molecule has 3 nitrogen and oxygen atoms in total. The normalized spacial score (nSPS) is 17.7. The first-order valence-corrected chi connectivity index (χ1v) is 6.52. The van der Waals surface area contributed by atoms with E-state index in [9.17, 15) is 0 Å². The Bertz CT molecular complexity index is 373. The molecule has 92 valence electrons.